The number of hydrogen-bond acceptors (Lipinski definition) is 6. The van der Waals surface area contributed by atoms with Crippen molar-refractivity contribution in [2.75, 3.05) is 25.1 Å². The number of aliphatic carboxylic acids is 2. The van der Waals surface area contributed by atoms with Gasteiger partial charge >= 0.3 is 18.0 Å². The Kier molecular flexibility index (Phi) is 12.7. The molecule has 2 atom stereocenters. The van der Waals surface area contributed by atoms with Crippen molar-refractivity contribution in [3.8, 4) is 0 Å². The molecule has 0 fully saturated rings. The molecule has 0 bridgehead atoms. The van der Waals surface area contributed by atoms with E-state index < -0.39 is 55.4 Å². The molecule has 0 spiro atoms. The molecule has 35 heavy (non-hydrogen) atoms. The fourth-order valence-corrected chi connectivity index (χ4v) is 2.80. The van der Waals surface area contributed by atoms with Crippen molar-refractivity contribution in [3.05, 3.63) is 29.8 Å². The minimum atomic E-state index is -1.68. The lowest BCUT2D eigenvalue weighted by Crippen LogP contribution is -2.48. The third-order valence-corrected chi connectivity index (χ3v) is 4.93. The van der Waals surface area contributed by atoms with Crippen LogP contribution >= 0.6 is 0 Å². The van der Waals surface area contributed by atoms with Gasteiger partial charge in [0.1, 0.15) is 6.67 Å². The molecular formula is C22H31FN4O8. The average Bonchev–Trinajstić information content (AvgIpc) is 2.82. The number of anilines is 1. The zero-order valence-corrected chi connectivity index (χ0v) is 19.3. The van der Waals surface area contributed by atoms with E-state index in [4.69, 9.17) is 10.2 Å². The highest BCUT2D eigenvalue weighted by Crippen LogP contribution is 2.11. The number of carboxylic acid groups (broad SMARTS) is 2. The second-order valence-corrected chi connectivity index (χ2v) is 7.80. The lowest BCUT2D eigenvalue weighted by Gasteiger charge is -2.22. The second-order valence-electron chi connectivity index (χ2n) is 7.80. The minimum Gasteiger partial charge on any atom is -0.481 e. The molecule has 12 nitrogen and oxygen atoms in total. The van der Waals surface area contributed by atoms with Gasteiger partial charge in [-0.2, -0.15) is 5.06 Å². The number of carboxylic acids is 2. The van der Waals surface area contributed by atoms with Crippen LogP contribution in [0.4, 0.5) is 14.9 Å². The fourth-order valence-electron chi connectivity index (χ4n) is 2.80. The maximum Gasteiger partial charge on any atom is 0.341 e. The van der Waals surface area contributed by atoms with E-state index in [1.165, 1.54) is 19.1 Å². The lowest BCUT2D eigenvalue weighted by molar-refractivity contribution is -0.158. The molecule has 0 saturated carbocycles. The summed E-state index contributed by atoms with van der Waals surface area (Å²) < 4.78 is 12.5. The normalized spacial score (nSPS) is 12.2. The van der Waals surface area contributed by atoms with Crippen LogP contribution in [0.1, 0.15) is 49.4 Å². The summed E-state index contributed by atoms with van der Waals surface area (Å²) >= 11 is 0. The summed E-state index contributed by atoms with van der Waals surface area (Å²) in [7, 11) is 0. The Morgan fingerprint density at radius 1 is 0.971 bits per heavy atom. The van der Waals surface area contributed by atoms with E-state index >= 15 is 0 Å². The molecule has 13 heteroatoms. The number of nitrogens with zero attached hydrogens (tertiary/aromatic N) is 1. The molecule has 1 unspecified atom stereocenters. The van der Waals surface area contributed by atoms with Gasteiger partial charge in [-0.15, -0.1) is 0 Å². The second kappa shape index (κ2) is 15.2. The molecule has 0 aromatic heterocycles. The first-order chi connectivity index (χ1) is 16.6. The number of halogens is 1. The number of carbonyl (C=O) groups excluding carboxylic acids is 3. The van der Waals surface area contributed by atoms with Gasteiger partial charge in [0.25, 0.3) is 5.91 Å². The number of carbonyl (C=O) groups is 5. The van der Waals surface area contributed by atoms with Crippen LogP contribution in [-0.2, 0) is 14.4 Å². The predicted molar refractivity (Wildman–Crippen MR) is 122 cm³/mol. The molecule has 0 aliphatic heterocycles. The molecule has 0 heterocycles. The van der Waals surface area contributed by atoms with Gasteiger partial charge in [-0.05, 0) is 49.9 Å². The van der Waals surface area contributed by atoms with Crippen LogP contribution in [0.2, 0.25) is 0 Å². The van der Waals surface area contributed by atoms with Crippen LogP contribution in [-0.4, -0.2) is 76.1 Å². The van der Waals surface area contributed by atoms with Crippen LogP contribution in [0, 0.1) is 5.92 Å². The largest absolute Gasteiger partial charge is 0.481 e. The minimum absolute atomic E-state index is 0.0240. The van der Waals surface area contributed by atoms with Crippen LogP contribution < -0.4 is 16.0 Å². The molecule has 0 aliphatic carbocycles. The number of nitrogens with one attached hydrogen (secondary N) is 3. The number of urea groups is 1. The summed E-state index contributed by atoms with van der Waals surface area (Å²) in [5, 5.41) is 35.0. The molecule has 4 amide bonds. The molecule has 0 saturated heterocycles. The van der Waals surface area contributed by atoms with Crippen LogP contribution in [0.5, 0.6) is 0 Å². The molecule has 6 N–H and O–H groups in total. The number of amides is 4. The zero-order chi connectivity index (χ0) is 26.4. The van der Waals surface area contributed by atoms with Crippen molar-refractivity contribution in [2.24, 2.45) is 5.92 Å². The Hall–Kier alpha value is -3.74. The summed E-state index contributed by atoms with van der Waals surface area (Å²) in [6.45, 7) is 1.20. The van der Waals surface area contributed by atoms with Crippen molar-refractivity contribution in [2.45, 2.75) is 45.1 Å². The summed E-state index contributed by atoms with van der Waals surface area (Å²) in [4.78, 5) is 57.4. The highest BCUT2D eigenvalue weighted by Gasteiger charge is 2.29. The summed E-state index contributed by atoms with van der Waals surface area (Å²) in [5.74, 6) is -4.30. The number of hydrogen-bond donors (Lipinski definition) is 6. The summed E-state index contributed by atoms with van der Waals surface area (Å²) in [6.07, 6.45) is 0.743. The summed E-state index contributed by atoms with van der Waals surface area (Å²) in [5.41, 5.74) is 0.833. The van der Waals surface area contributed by atoms with Gasteiger partial charge in [-0.1, -0.05) is 6.92 Å². The smallest absolute Gasteiger partial charge is 0.341 e. The summed E-state index contributed by atoms with van der Waals surface area (Å²) in [6, 6.07) is 3.42. The molecule has 1 aromatic carbocycles. The Morgan fingerprint density at radius 2 is 1.57 bits per heavy atom. The Labute approximate surface area is 201 Å². The topological polar surface area (TPSA) is 185 Å². The number of unbranched alkanes of at least 4 members (excludes halogenated alkanes) is 2. The van der Waals surface area contributed by atoms with Crippen molar-refractivity contribution in [1.82, 2.24) is 15.7 Å². The molecule has 194 valence electrons. The first-order valence-electron chi connectivity index (χ1n) is 11.0. The number of benzene rings is 1. The SMILES string of the molecule is CC(CF)C(=O)Nc1ccc(C(=O)NCCCCCNC(=O)N(O)[C@@H](CCC(=O)O)C(=O)O)cc1. The average molecular weight is 499 g/mol. The highest BCUT2D eigenvalue weighted by molar-refractivity contribution is 5.96. The molecule has 1 aromatic rings. The van der Waals surface area contributed by atoms with E-state index in [1.54, 1.807) is 12.1 Å². The van der Waals surface area contributed by atoms with Crippen molar-refractivity contribution < 1.29 is 43.8 Å². The van der Waals surface area contributed by atoms with Crippen molar-refractivity contribution >= 4 is 35.5 Å². The van der Waals surface area contributed by atoms with E-state index in [0.29, 0.717) is 37.1 Å². The van der Waals surface area contributed by atoms with Crippen molar-refractivity contribution in [1.29, 1.82) is 0 Å². The van der Waals surface area contributed by atoms with E-state index in [2.05, 4.69) is 16.0 Å². The van der Waals surface area contributed by atoms with Crippen LogP contribution in [0.15, 0.2) is 24.3 Å². The van der Waals surface area contributed by atoms with E-state index in [0.717, 1.165) is 0 Å². The zero-order valence-electron chi connectivity index (χ0n) is 19.3. The molecule has 0 aliphatic rings. The van der Waals surface area contributed by atoms with Gasteiger partial charge in [-0.3, -0.25) is 24.0 Å². The Balaban J connectivity index is 2.28. The predicted octanol–water partition coefficient (Wildman–Crippen LogP) is 1.85. The third kappa shape index (κ3) is 10.8. The van der Waals surface area contributed by atoms with E-state index in [1.807, 2.05) is 0 Å². The maximum atomic E-state index is 12.5. The first kappa shape index (κ1) is 29.3. The Morgan fingerprint density at radius 3 is 2.11 bits per heavy atom. The first-order valence-corrected chi connectivity index (χ1v) is 11.0. The van der Waals surface area contributed by atoms with Gasteiger partial charge in [-0.25, -0.2) is 9.59 Å². The monoisotopic (exact) mass is 498 g/mol. The fraction of sp³-hybridized carbons (Fsp3) is 0.500. The third-order valence-electron chi connectivity index (χ3n) is 4.93. The van der Waals surface area contributed by atoms with Gasteiger partial charge in [0.15, 0.2) is 6.04 Å². The van der Waals surface area contributed by atoms with E-state index in [9.17, 15) is 33.6 Å². The van der Waals surface area contributed by atoms with Gasteiger partial charge in [0.05, 0.1) is 5.92 Å². The van der Waals surface area contributed by atoms with Gasteiger partial charge < -0.3 is 26.2 Å². The van der Waals surface area contributed by atoms with E-state index in [-0.39, 0.29) is 17.5 Å². The van der Waals surface area contributed by atoms with Gasteiger partial charge in [0.2, 0.25) is 5.91 Å². The van der Waals surface area contributed by atoms with Gasteiger partial charge in [0, 0.05) is 30.8 Å². The number of hydroxylamine groups is 2. The molecule has 1 rings (SSSR count). The lowest BCUT2D eigenvalue weighted by atomic mass is 10.1. The Bertz CT molecular complexity index is 881. The van der Waals surface area contributed by atoms with Crippen LogP contribution in [0.3, 0.4) is 0 Å². The number of rotatable bonds is 15. The highest BCUT2D eigenvalue weighted by atomic mass is 19.1. The molecular weight excluding hydrogens is 467 g/mol. The molecule has 0 radical (unpaired) electrons. The van der Waals surface area contributed by atoms with Crippen LogP contribution in [0.25, 0.3) is 0 Å². The standard InChI is InChI=1S/C22H31FN4O8/c1-14(13-23)19(30)26-16-7-5-15(6-8-16)20(31)24-11-3-2-4-12-25-22(34)27(35)17(21(32)33)9-10-18(28)29/h5-8,14,17,35H,2-4,9-13H2,1H3,(H,24,31)(H,25,34)(H,26,30)(H,28,29)(H,32,33)/t14?,17-/m0/s1. The quantitative estimate of drug-likeness (QED) is 0.120. The van der Waals surface area contributed by atoms with Crippen molar-refractivity contribution in [3.63, 3.8) is 0 Å². The number of alkyl halides is 1. The maximum absolute atomic E-state index is 12.5.